The molecule has 0 fully saturated rings. The molecule has 0 aliphatic heterocycles. The Morgan fingerprint density at radius 2 is 1.44 bits per heavy atom. The molecule has 0 aliphatic rings. The van der Waals surface area contributed by atoms with Crippen molar-refractivity contribution in [3.8, 4) is 0 Å². The molecule has 1 atom stereocenters. The van der Waals surface area contributed by atoms with Crippen LogP contribution in [0.5, 0.6) is 0 Å². The maximum absolute atomic E-state index is 14.3. The molecule has 0 saturated heterocycles. The molecule has 3 aromatic rings. The predicted octanol–water partition coefficient (Wildman–Crippen LogP) is 6.05. The van der Waals surface area contributed by atoms with E-state index >= 15 is 0 Å². The Morgan fingerprint density at radius 1 is 0.854 bits per heavy atom. The second-order valence-corrected chi connectivity index (χ2v) is 13.3. The summed E-state index contributed by atoms with van der Waals surface area (Å²) in [6.45, 7) is 6.98. The number of carbonyl (C=O) groups excluding carboxylic acids is 2. The molecule has 220 valence electrons. The molecule has 0 spiro atoms. The lowest BCUT2D eigenvalue weighted by atomic mass is 10.0. The lowest BCUT2D eigenvalue weighted by Gasteiger charge is -2.34. The monoisotopic (exact) mass is 617 g/mol. The zero-order valence-corrected chi connectivity index (χ0v) is 26.3. The molecule has 2 amide bonds. The lowest BCUT2D eigenvalue weighted by molar-refractivity contribution is -0.140. The van der Waals surface area contributed by atoms with E-state index < -0.39 is 28.5 Å². The van der Waals surface area contributed by atoms with Crippen LogP contribution in [0.2, 0.25) is 10.0 Å². The molecule has 3 aromatic carbocycles. The highest BCUT2D eigenvalue weighted by molar-refractivity contribution is 7.92. The molecule has 1 N–H and O–H groups in total. The Kier molecular flexibility index (Phi) is 11.2. The second-order valence-electron chi connectivity index (χ2n) is 10.6. The smallest absolute Gasteiger partial charge is 0.244 e. The molecule has 0 saturated carbocycles. The molecular weight excluding hydrogens is 581 g/mol. The summed E-state index contributed by atoms with van der Waals surface area (Å²) in [5, 5.41) is 3.59. The van der Waals surface area contributed by atoms with Crippen LogP contribution >= 0.6 is 23.2 Å². The molecule has 0 radical (unpaired) electrons. The van der Waals surface area contributed by atoms with E-state index in [4.69, 9.17) is 23.2 Å². The molecule has 3 rings (SSSR count). The Hall–Kier alpha value is -3.07. The summed E-state index contributed by atoms with van der Waals surface area (Å²) >= 11 is 13.0. The van der Waals surface area contributed by atoms with Gasteiger partial charge in [-0.3, -0.25) is 13.9 Å². The Morgan fingerprint density at radius 3 is 2.00 bits per heavy atom. The number of hydrogen-bond acceptors (Lipinski definition) is 4. The molecule has 0 aromatic heterocycles. The van der Waals surface area contributed by atoms with Gasteiger partial charge in [-0.05, 0) is 49.1 Å². The number of hydrogen-bond donors (Lipinski definition) is 1. The van der Waals surface area contributed by atoms with E-state index in [0.717, 1.165) is 21.7 Å². The van der Waals surface area contributed by atoms with Crippen molar-refractivity contribution in [1.82, 2.24) is 10.2 Å². The van der Waals surface area contributed by atoms with Crippen LogP contribution in [-0.4, -0.2) is 50.0 Å². The SMILES string of the molecule is CC(C)NC(=O)C(Cc1ccccc1)N(Cc1c(Cl)cccc1Cl)C(=O)CN(c1ccccc1C(C)C)S(C)(=O)=O. The van der Waals surface area contributed by atoms with E-state index in [1.165, 1.54) is 4.90 Å². The van der Waals surface area contributed by atoms with Gasteiger partial charge in [0.05, 0.1) is 11.9 Å². The molecule has 7 nitrogen and oxygen atoms in total. The average molecular weight is 619 g/mol. The van der Waals surface area contributed by atoms with Gasteiger partial charge in [0.25, 0.3) is 0 Å². The van der Waals surface area contributed by atoms with Crippen molar-refractivity contribution in [1.29, 1.82) is 0 Å². The minimum Gasteiger partial charge on any atom is -0.352 e. The number of halogens is 2. The summed E-state index contributed by atoms with van der Waals surface area (Å²) in [7, 11) is -3.88. The number of nitrogens with zero attached hydrogens (tertiary/aromatic N) is 2. The van der Waals surface area contributed by atoms with E-state index in [1.54, 1.807) is 30.3 Å². The third-order valence-electron chi connectivity index (χ3n) is 6.60. The Bertz CT molecular complexity index is 1440. The number of sulfonamides is 1. The van der Waals surface area contributed by atoms with Crippen LogP contribution in [0.15, 0.2) is 72.8 Å². The highest BCUT2D eigenvalue weighted by Gasteiger charge is 2.34. The average Bonchev–Trinajstić information content (AvgIpc) is 2.90. The topological polar surface area (TPSA) is 86.8 Å². The van der Waals surface area contributed by atoms with Gasteiger partial charge in [0.15, 0.2) is 0 Å². The summed E-state index contributed by atoms with van der Waals surface area (Å²) in [6, 6.07) is 20.3. The maximum atomic E-state index is 14.3. The third-order valence-corrected chi connectivity index (χ3v) is 8.43. The van der Waals surface area contributed by atoms with Gasteiger partial charge in [-0.15, -0.1) is 0 Å². The summed E-state index contributed by atoms with van der Waals surface area (Å²) < 4.78 is 27.3. The minimum absolute atomic E-state index is 0.00577. The van der Waals surface area contributed by atoms with Crippen molar-refractivity contribution in [2.45, 2.75) is 58.7 Å². The van der Waals surface area contributed by atoms with Gasteiger partial charge < -0.3 is 10.2 Å². The first-order valence-corrected chi connectivity index (χ1v) is 16.0. The zero-order valence-electron chi connectivity index (χ0n) is 24.0. The number of carbonyl (C=O) groups is 2. The van der Waals surface area contributed by atoms with E-state index in [1.807, 2.05) is 70.2 Å². The van der Waals surface area contributed by atoms with Crippen LogP contribution in [0.3, 0.4) is 0 Å². The van der Waals surface area contributed by atoms with Crippen molar-refractivity contribution in [2.75, 3.05) is 17.1 Å². The van der Waals surface area contributed by atoms with Gasteiger partial charge in [-0.1, -0.05) is 91.6 Å². The predicted molar refractivity (Wildman–Crippen MR) is 167 cm³/mol. The van der Waals surface area contributed by atoms with Crippen molar-refractivity contribution < 1.29 is 18.0 Å². The zero-order chi connectivity index (χ0) is 30.3. The van der Waals surface area contributed by atoms with Crippen molar-refractivity contribution in [3.63, 3.8) is 0 Å². The molecular formula is C31H37Cl2N3O4S. The highest BCUT2D eigenvalue weighted by Crippen LogP contribution is 2.31. The summed E-state index contributed by atoms with van der Waals surface area (Å²) in [6.07, 6.45) is 1.27. The Balaban J connectivity index is 2.14. The molecule has 0 aliphatic carbocycles. The van der Waals surface area contributed by atoms with E-state index in [9.17, 15) is 18.0 Å². The summed E-state index contributed by atoms with van der Waals surface area (Å²) in [5.74, 6) is -0.926. The van der Waals surface area contributed by atoms with Gasteiger partial charge in [0.2, 0.25) is 21.8 Å². The number of rotatable bonds is 12. The fourth-order valence-electron chi connectivity index (χ4n) is 4.59. The first kappa shape index (κ1) is 32.4. The van der Waals surface area contributed by atoms with Gasteiger partial charge >= 0.3 is 0 Å². The number of nitrogens with one attached hydrogen (secondary N) is 1. The largest absolute Gasteiger partial charge is 0.352 e. The molecule has 10 heteroatoms. The highest BCUT2D eigenvalue weighted by atomic mass is 35.5. The number of benzene rings is 3. The number of para-hydroxylation sites is 1. The Labute approximate surface area is 253 Å². The van der Waals surface area contributed by atoms with Crippen molar-refractivity contribution >= 4 is 50.7 Å². The number of amides is 2. The van der Waals surface area contributed by atoms with E-state index in [0.29, 0.717) is 21.3 Å². The normalized spacial score (nSPS) is 12.3. The fraction of sp³-hybridized carbons (Fsp3) is 0.355. The van der Waals surface area contributed by atoms with Crippen LogP contribution in [0.4, 0.5) is 5.69 Å². The molecule has 0 heterocycles. The molecule has 1 unspecified atom stereocenters. The maximum Gasteiger partial charge on any atom is 0.244 e. The van der Waals surface area contributed by atoms with Crippen LogP contribution in [-0.2, 0) is 32.6 Å². The van der Waals surface area contributed by atoms with E-state index in [2.05, 4.69) is 5.32 Å². The lowest BCUT2D eigenvalue weighted by Crippen LogP contribution is -2.54. The second kappa shape index (κ2) is 14.2. The van der Waals surface area contributed by atoms with E-state index in [-0.39, 0.29) is 30.8 Å². The first-order chi connectivity index (χ1) is 19.3. The van der Waals surface area contributed by atoms with Crippen molar-refractivity contribution in [3.05, 3.63) is 99.5 Å². The van der Waals surface area contributed by atoms with Gasteiger partial charge in [0, 0.05) is 34.6 Å². The summed E-state index contributed by atoms with van der Waals surface area (Å²) in [4.78, 5) is 29.3. The van der Waals surface area contributed by atoms with Gasteiger partial charge in [0.1, 0.15) is 12.6 Å². The van der Waals surface area contributed by atoms with Crippen LogP contribution in [0.1, 0.15) is 50.3 Å². The molecule has 0 bridgehead atoms. The first-order valence-electron chi connectivity index (χ1n) is 13.4. The minimum atomic E-state index is -3.88. The standard InChI is InChI=1S/C31H37Cl2N3O4S/c1-21(2)24-14-9-10-17-28(24)36(41(5,39)40)20-30(37)35(19-25-26(32)15-11-16-27(25)33)29(31(38)34-22(3)4)18-23-12-7-6-8-13-23/h6-17,21-22,29H,18-20H2,1-5H3,(H,34,38). The van der Waals surface area contributed by atoms with Crippen LogP contribution in [0, 0.1) is 0 Å². The van der Waals surface area contributed by atoms with Crippen LogP contribution in [0.25, 0.3) is 0 Å². The van der Waals surface area contributed by atoms with Crippen molar-refractivity contribution in [2.24, 2.45) is 0 Å². The number of anilines is 1. The quantitative estimate of drug-likeness (QED) is 0.268. The van der Waals surface area contributed by atoms with Gasteiger partial charge in [-0.25, -0.2) is 8.42 Å². The third kappa shape index (κ3) is 8.71. The van der Waals surface area contributed by atoms with Crippen LogP contribution < -0.4 is 9.62 Å². The fourth-order valence-corrected chi connectivity index (χ4v) is 5.97. The van der Waals surface area contributed by atoms with Gasteiger partial charge in [-0.2, -0.15) is 0 Å². The molecule has 41 heavy (non-hydrogen) atoms. The summed E-state index contributed by atoms with van der Waals surface area (Å²) in [5.41, 5.74) is 2.50.